The van der Waals surface area contributed by atoms with Crippen molar-refractivity contribution in [1.82, 2.24) is 4.90 Å². The van der Waals surface area contributed by atoms with Gasteiger partial charge in [-0.3, -0.25) is 9.59 Å². The molecule has 1 aliphatic rings. The molecule has 6 rings (SSSR count). The number of carboxylic acids is 1. The van der Waals surface area contributed by atoms with Gasteiger partial charge in [-0.05, 0) is 110 Å². The van der Waals surface area contributed by atoms with Crippen molar-refractivity contribution in [3.63, 3.8) is 0 Å². The number of aromatic carboxylic acids is 1. The molecule has 5 aromatic rings. The third-order valence-corrected chi connectivity index (χ3v) is 9.57. The average molecular weight is 696 g/mol. The first kappa shape index (κ1) is 35.9. The third-order valence-electron chi connectivity index (χ3n) is 9.57. The van der Waals surface area contributed by atoms with Gasteiger partial charge in [-0.2, -0.15) is 0 Å². The lowest BCUT2D eigenvalue weighted by Gasteiger charge is -2.32. The second-order valence-electron chi connectivity index (χ2n) is 13.3. The van der Waals surface area contributed by atoms with Crippen LogP contribution in [-0.4, -0.2) is 48.4 Å². The van der Waals surface area contributed by atoms with Crippen molar-refractivity contribution in [3.8, 4) is 22.6 Å². The second kappa shape index (κ2) is 16.0. The topological polar surface area (TPSA) is 99.2 Å². The molecule has 1 heterocycles. The first-order valence-corrected chi connectivity index (χ1v) is 17.7. The SMILES string of the molecule is CCN(C(=O)c1c(C)cc(-c2ccc(OCc3ccc(OC4CCN(C(=O)c5ccc(C)cc5)CC4)cc3)cc2)cc1C)c1ccc(C(=O)[O-])cc1. The van der Waals surface area contributed by atoms with Gasteiger partial charge in [0.05, 0.1) is 5.97 Å². The van der Waals surface area contributed by atoms with E-state index in [1.54, 1.807) is 17.0 Å². The predicted molar refractivity (Wildman–Crippen MR) is 201 cm³/mol. The molecule has 0 unspecified atom stereocenters. The number of anilines is 1. The highest BCUT2D eigenvalue weighted by Crippen LogP contribution is 2.30. The summed E-state index contributed by atoms with van der Waals surface area (Å²) in [6.45, 7) is 9.98. The fourth-order valence-corrected chi connectivity index (χ4v) is 6.65. The minimum Gasteiger partial charge on any atom is -0.545 e. The molecule has 0 aliphatic carbocycles. The largest absolute Gasteiger partial charge is 0.545 e. The van der Waals surface area contributed by atoms with Gasteiger partial charge >= 0.3 is 0 Å². The molecule has 2 amide bonds. The van der Waals surface area contributed by atoms with E-state index in [4.69, 9.17) is 9.47 Å². The minimum absolute atomic E-state index is 0.0679. The van der Waals surface area contributed by atoms with Crippen molar-refractivity contribution in [2.75, 3.05) is 24.5 Å². The third kappa shape index (κ3) is 8.35. The second-order valence-corrected chi connectivity index (χ2v) is 13.3. The Balaban J connectivity index is 1.01. The Kier molecular flexibility index (Phi) is 11.0. The zero-order valence-corrected chi connectivity index (χ0v) is 30.1. The molecule has 0 atom stereocenters. The van der Waals surface area contributed by atoms with Gasteiger partial charge in [-0.1, -0.05) is 66.2 Å². The summed E-state index contributed by atoms with van der Waals surface area (Å²) in [6, 6.07) is 33.8. The molecular formula is C44H43N2O6-. The molecule has 0 spiro atoms. The fourth-order valence-electron chi connectivity index (χ4n) is 6.65. The Morgan fingerprint density at radius 3 is 1.88 bits per heavy atom. The monoisotopic (exact) mass is 695 g/mol. The van der Waals surface area contributed by atoms with Crippen molar-refractivity contribution in [2.24, 2.45) is 0 Å². The summed E-state index contributed by atoms with van der Waals surface area (Å²) in [5.41, 5.74) is 7.94. The molecule has 5 aromatic carbocycles. The number of likely N-dealkylation sites (tertiary alicyclic amines) is 1. The Labute approximate surface area is 305 Å². The van der Waals surface area contributed by atoms with E-state index in [0.717, 1.165) is 63.3 Å². The summed E-state index contributed by atoms with van der Waals surface area (Å²) in [4.78, 5) is 41.2. The molecule has 52 heavy (non-hydrogen) atoms. The lowest BCUT2D eigenvalue weighted by atomic mass is 9.94. The number of carbonyl (C=O) groups excluding carboxylic acids is 3. The normalized spacial score (nSPS) is 13.0. The first-order valence-electron chi connectivity index (χ1n) is 17.7. The summed E-state index contributed by atoms with van der Waals surface area (Å²) in [6.07, 6.45) is 1.66. The first-order chi connectivity index (χ1) is 25.1. The number of hydrogen-bond donors (Lipinski definition) is 0. The molecule has 0 bridgehead atoms. The highest BCUT2D eigenvalue weighted by atomic mass is 16.5. The number of amides is 2. The predicted octanol–water partition coefficient (Wildman–Crippen LogP) is 7.57. The molecule has 0 radical (unpaired) electrons. The van der Waals surface area contributed by atoms with Crippen LogP contribution in [0.2, 0.25) is 0 Å². The number of nitrogens with zero attached hydrogens (tertiary/aromatic N) is 2. The molecule has 8 heteroatoms. The minimum atomic E-state index is -1.25. The Hall–Kier alpha value is -5.89. The van der Waals surface area contributed by atoms with Gasteiger partial charge in [-0.25, -0.2) is 0 Å². The number of carboxylic acid groups (broad SMARTS) is 1. The lowest BCUT2D eigenvalue weighted by molar-refractivity contribution is -0.255. The van der Waals surface area contributed by atoms with Crippen LogP contribution in [0.25, 0.3) is 11.1 Å². The molecule has 0 aromatic heterocycles. The average Bonchev–Trinajstić information content (AvgIpc) is 3.15. The number of rotatable bonds is 11. The molecule has 8 nitrogen and oxygen atoms in total. The van der Waals surface area contributed by atoms with Crippen LogP contribution < -0.4 is 19.5 Å². The van der Waals surface area contributed by atoms with Crippen molar-refractivity contribution < 1.29 is 29.0 Å². The van der Waals surface area contributed by atoms with Crippen LogP contribution in [0, 0.1) is 20.8 Å². The van der Waals surface area contributed by atoms with Gasteiger partial charge in [0.15, 0.2) is 0 Å². The molecule has 1 fully saturated rings. The summed E-state index contributed by atoms with van der Waals surface area (Å²) < 4.78 is 12.3. The van der Waals surface area contributed by atoms with Crippen LogP contribution in [0.1, 0.15) is 73.1 Å². The van der Waals surface area contributed by atoms with Crippen molar-refractivity contribution in [1.29, 1.82) is 0 Å². The highest BCUT2D eigenvalue weighted by Gasteiger charge is 2.25. The lowest BCUT2D eigenvalue weighted by Crippen LogP contribution is -2.41. The van der Waals surface area contributed by atoms with Crippen LogP contribution >= 0.6 is 0 Å². The number of piperidine rings is 1. The maximum Gasteiger partial charge on any atom is 0.258 e. The number of hydrogen-bond acceptors (Lipinski definition) is 6. The summed E-state index contributed by atoms with van der Waals surface area (Å²) in [7, 11) is 0. The van der Waals surface area contributed by atoms with E-state index in [1.807, 2.05) is 118 Å². The van der Waals surface area contributed by atoms with Crippen LogP contribution in [0.4, 0.5) is 5.69 Å². The van der Waals surface area contributed by atoms with E-state index in [-0.39, 0.29) is 23.5 Å². The molecule has 0 saturated carbocycles. The Bertz CT molecular complexity index is 2010. The van der Waals surface area contributed by atoms with E-state index in [9.17, 15) is 19.5 Å². The fraction of sp³-hybridized carbons (Fsp3) is 0.250. The summed E-state index contributed by atoms with van der Waals surface area (Å²) in [5.74, 6) is 0.247. The van der Waals surface area contributed by atoms with Gasteiger partial charge in [-0.15, -0.1) is 0 Å². The van der Waals surface area contributed by atoms with Gasteiger partial charge in [0, 0.05) is 49.3 Å². The van der Waals surface area contributed by atoms with Crippen molar-refractivity contribution in [3.05, 3.63) is 148 Å². The van der Waals surface area contributed by atoms with Gasteiger partial charge in [0.25, 0.3) is 11.8 Å². The number of benzene rings is 5. The maximum atomic E-state index is 13.7. The summed E-state index contributed by atoms with van der Waals surface area (Å²) >= 11 is 0. The molecule has 1 aliphatic heterocycles. The van der Waals surface area contributed by atoms with Crippen LogP contribution in [0.15, 0.2) is 109 Å². The molecular weight excluding hydrogens is 652 g/mol. The Morgan fingerprint density at radius 2 is 1.31 bits per heavy atom. The Morgan fingerprint density at radius 1 is 0.731 bits per heavy atom. The van der Waals surface area contributed by atoms with E-state index in [2.05, 4.69) is 0 Å². The van der Waals surface area contributed by atoms with Crippen LogP contribution in [0.3, 0.4) is 0 Å². The zero-order valence-electron chi connectivity index (χ0n) is 30.1. The summed E-state index contributed by atoms with van der Waals surface area (Å²) in [5, 5.41) is 11.2. The van der Waals surface area contributed by atoms with Gasteiger partial charge < -0.3 is 29.2 Å². The zero-order chi connectivity index (χ0) is 36.8. The van der Waals surface area contributed by atoms with E-state index >= 15 is 0 Å². The molecule has 0 N–H and O–H groups in total. The highest BCUT2D eigenvalue weighted by molar-refractivity contribution is 6.08. The van der Waals surface area contributed by atoms with E-state index in [0.29, 0.717) is 37.5 Å². The van der Waals surface area contributed by atoms with Crippen molar-refractivity contribution >= 4 is 23.5 Å². The standard InChI is InChI=1S/C44H44N2O6/c1-5-46(37-16-12-35(13-17-37)44(49)50)43(48)41-30(3)26-36(27-31(41)4)33-14-20-38(21-15-33)51-28-32-8-18-39(19-9-32)52-40-22-24-45(25-23-40)42(47)34-10-6-29(2)7-11-34/h6-21,26-27,40H,5,22-25,28H2,1-4H3,(H,49,50)/p-1. The molecule has 266 valence electrons. The number of carbonyl (C=O) groups is 3. The number of aryl methyl sites for hydroxylation is 3. The smallest absolute Gasteiger partial charge is 0.258 e. The molecule has 1 saturated heterocycles. The van der Waals surface area contributed by atoms with Crippen LogP contribution in [-0.2, 0) is 6.61 Å². The number of ether oxygens (including phenoxy) is 2. The van der Waals surface area contributed by atoms with E-state index < -0.39 is 5.97 Å². The van der Waals surface area contributed by atoms with Crippen molar-refractivity contribution in [2.45, 2.75) is 53.2 Å². The maximum absolute atomic E-state index is 13.7. The van der Waals surface area contributed by atoms with Gasteiger partial charge in [0.2, 0.25) is 0 Å². The van der Waals surface area contributed by atoms with E-state index in [1.165, 1.54) is 12.1 Å². The van der Waals surface area contributed by atoms with Crippen LogP contribution in [0.5, 0.6) is 11.5 Å². The van der Waals surface area contributed by atoms with Gasteiger partial charge in [0.1, 0.15) is 24.2 Å². The quantitative estimate of drug-likeness (QED) is 0.141.